The molecule has 2 aliphatic rings. The predicted molar refractivity (Wildman–Crippen MR) is 97.0 cm³/mol. The fourth-order valence-electron chi connectivity index (χ4n) is 3.38. The van der Waals surface area contributed by atoms with E-state index in [1.165, 1.54) is 13.0 Å². The number of hydrogen-bond acceptors (Lipinski definition) is 6. The molecule has 1 fully saturated rings. The van der Waals surface area contributed by atoms with E-state index in [4.69, 9.17) is 10.00 Å². The van der Waals surface area contributed by atoms with E-state index in [0.717, 1.165) is 0 Å². The molecule has 1 aromatic rings. The highest BCUT2D eigenvalue weighted by atomic mass is 19.1. The Morgan fingerprint density at radius 3 is 2.67 bits per heavy atom. The summed E-state index contributed by atoms with van der Waals surface area (Å²) in [7, 11) is 0. The van der Waals surface area contributed by atoms with E-state index in [1.807, 2.05) is 9.80 Å². The van der Waals surface area contributed by atoms with Gasteiger partial charge in [-0.05, 0) is 24.6 Å². The molecule has 0 bridgehead atoms. The maximum atomic E-state index is 14.7. The molecular weight excluding hydrogens is 351 g/mol. The standard InChI is InChI=1S/C19H21FN4O3/c1-12-17(19(26)27-18(12)22-13(2)25)14-3-4-16(15(20)11-14)24-9-7-23(6-5-21)8-10-24/h3-4,11,18H,6-10H2,1-2H3,(H,22,25)/t18-/m1/s1. The van der Waals surface area contributed by atoms with Crippen LogP contribution in [0.3, 0.4) is 0 Å². The Bertz CT molecular complexity index is 838. The van der Waals surface area contributed by atoms with Crippen LogP contribution in [0.15, 0.2) is 23.8 Å². The first-order valence-corrected chi connectivity index (χ1v) is 8.73. The predicted octanol–water partition coefficient (Wildman–Crippen LogP) is 1.26. The maximum absolute atomic E-state index is 14.7. The molecule has 1 amide bonds. The van der Waals surface area contributed by atoms with Crippen LogP contribution in [-0.4, -0.2) is 55.7 Å². The lowest BCUT2D eigenvalue weighted by Crippen LogP contribution is -2.46. The number of ether oxygens (including phenoxy) is 1. The van der Waals surface area contributed by atoms with E-state index in [-0.39, 0.29) is 11.5 Å². The average Bonchev–Trinajstić information content (AvgIpc) is 2.89. The Kier molecular flexibility index (Phi) is 5.42. The van der Waals surface area contributed by atoms with Crippen molar-refractivity contribution in [2.75, 3.05) is 37.6 Å². The minimum atomic E-state index is -0.819. The van der Waals surface area contributed by atoms with Crippen LogP contribution in [0.25, 0.3) is 5.57 Å². The molecule has 0 saturated carbocycles. The number of anilines is 1. The molecule has 3 rings (SSSR count). The van der Waals surface area contributed by atoms with Crippen molar-refractivity contribution in [2.24, 2.45) is 0 Å². The molecule has 0 aliphatic carbocycles. The number of carbonyl (C=O) groups excluding carboxylic acids is 2. The monoisotopic (exact) mass is 372 g/mol. The Morgan fingerprint density at radius 2 is 2.07 bits per heavy atom. The van der Waals surface area contributed by atoms with Gasteiger partial charge in [0.1, 0.15) is 5.82 Å². The zero-order valence-electron chi connectivity index (χ0n) is 15.3. The maximum Gasteiger partial charge on any atom is 0.341 e. The second-order valence-electron chi connectivity index (χ2n) is 6.63. The highest BCUT2D eigenvalue weighted by Gasteiger charge is 2.33. The molecule has 0 spiro atoms. The molecule has 27 heavy (non-hydrogen) atoms. The van der Waals surface area contributed by atoms with Crippen molar-refractivity contribution in [2.45, 2.75) is 20.1 Å². The Morgan fingerprint density at radius 1 is 1.37 bits per heavy atom. The third kappa shape index (κ3) is 3.93. The molecule has 0 radical (unpaired) electrons. The number of amides is 1. The number of halogens is 1. The second kappa shape index (κ2) is 7.76. The van der Waals surface area contributed by atoms with E-state index >= 15 is 0 Å². The van der Waals surface area contributed by atoms with Crippen LogP contribution in [0.2, 0.25) is 0 Å². The third-order valence-electron chi connectivity index (χ3n) is 4.79. The number of nitriles is 1. The summed E-state index contributed by atoms with van der Waals surface area (Å²) in [5, 5.41) is 11.3. The van der Waals surface area contributed by atoms with Crippen molar-refractivity contribution >= 4 is 23.1 Å². The molecule has 1 aromatic carbocycles. The third-order valence-corrected chi connectivity index (χ3v) is 4.79. The van der Waals surface area contributed by atoms with Gasteiger partial charge in [-0.1, -0.05) is 6.07 Å². The number of piperazine rings is 1. The molecule has 1 N–H and O–H groups in total. The highest BCUT2D eigenvalue weighted by molar-refractivity contribution is 6.19. The Balaban J connectivity index is 1.79. The van der Waals surface area contributed by atoms with Gasteiger partial charge in [0.2, 0.25) is 5.91 Å². The van der Waals surface area contributed by atoms with Crippen molar-refractivity contribution < 1.29 is 18.7 Å². The van der Waals surface area contributed by atoms with Crippen LogP contribution in [0.5, 0.6) is 0 Å². The van der Waals surface area contributed by atoms with Gasteiger partial charge in [-0.15, -0.1) is 0 Å². The summed E-state index contributed by atoms with van der Waals surface area (Å²) in [6, 6.07) is 6.80. The molecule has 142 valence electrons. The van der Waals surface area contributed by atoms with E-state index in [0.29, 0.717) is 49.5 Å². The minimum absolute atomic E-state index is 0.276. The summed E-state index contributed by atoms with van der Waals surface area (Å²) in [6.07, 6.45) is -0.819. The number of benzene rings is 1. The summed E-state index contributed by atoms with van der Waals surface area (Å²) in [5.74, 6) is -1.31. The van der Waals surface area contributed by atoms with E-state index in [2.05, 4.69) is 11.4 Å². The van der Waals surface area contributed by atoms with Gasteiger partial charge in [-0.3, -0.25) is 9.69 Å². The quantitative estimate of drug-likeness (QED) is 0.633. The molecule has 0 unspecified atom stereocenters. The zero-order valence-corrected chi connectivity index (χ0v) is 15.3. The first kappa shape index (κ1) is 18.9. The average molecular weight is 372 g/mol. The lowest BCUT2D eigenvalue weighted by Gasteiger charge is -2.35. The van der Waals surface area contributed by atoms with Crippen molar-refractivity contribution in [1.82, 2.24) is 10.2 Å². The van der Waals surface area contributed by atoms with Crippen molar-refractivity contribution in [3.8, 4) is 6.07 Å². The van der Waals surface area contributed by atoms with Crippen LogP contribution >= 0.6 is 0 Å². The molecule has 0 aromatic heterocycles. The fraction of sp³-hybridized carbons (Fsp3) is 0.421. The number of esters is 1. The lowest BCUT2D eigenvalue weighted by atomic mass is 10.0. The van der Waals surface area contributed by atoms with Gasteiger partial charge in [-0.25, -0.2) is 9.18 Å². The number of hydrogen-bond donors (Lipinski definition) is 1. The van der Waals surface area contributed by atoms with Crippen molar-refractivity contribution in [1.29, 1.82) is 5.26 Å². The SMILES string of the molecule is CC(=O)N[C@@H]1OC(=O)C(c2ccc(N3CCN(CC#N)CC3)c(F)c2)=C1C. The normalized spacial score (nSPS) is 20.4. The lowest BCUT2D eigenvalue weighted by molar-refractivity contribution is -0.140. The largest absolute Gasteiger partial charge is 0.434 e. The molecule has 2 aliphatic heterocycles. The van der Waals surface area contributed by atoms with Crippen LogP contribution in [0.1, 0.15) is 19.4 Å². The number of carbonyl (C=O) groups is 2. The Hall–Kier alpha value is -2.92. The smallest absolute Gasteiger partial charge is 0.341 e. The summed E-state index contributed by atoms with van der Waals surface area (Å²) in [6.45, 7) is 6.05. The topological polar surface area (TPSA) is 85.7 Å². The van der Waals surface area contributed by atoms with Gasteiger partial charge >= 0.3 is 5.97 Å². The zero-order chi connectivity index (χ0) is 19.6. The number of nitrogens with one attached hydrogen (secondary N) is 1. The minimum Gasteiger partial charge on any atom is -0.434 e. The molecule has 8 heteroatoms. The van der Waals surface area contributed by atoms with Gasteiger partial charge in [0, 0.05) is 38.7 Å². The Labute approximate surface area is 157 Å². The van der Waals surface area contributed by atoms with Gasteiger partial charge < -0.3 is 15.0 Å². The second-order valence-corrected chi connectivity index (χ2v) is 6.63. The van der Waals surface area contributed by atoms with Gasteiger partial charge in [0.15, 0.2) is 6.23 Å². The van der Waals surface area contributed by atoms with Gasteiger partial charge in [0.05, 0.1) is 23.9 Å². The molecular formula is C19H21FN4O3. The number of rotatable bonds is 4. The van der Waals surface area contributed by atoms with Crippen LogP contribution in [-0.2, 0) is 14.3 Å². The fourth-order valence-corrected chi connectivity index (χ4v) is 3.38. The van der Waals surface area contributed by atoms with E-state index in [1.54, 1.807) is 19.1 Å². The molecule has 7 nitrogen and oxygen atoms in total. The van der Waals surface area contributed by atoms with Gasteiger partial charge in [-0.2, -0.15) is 5.26 Å². The number of nitrogens with zero attached hydrogens (tertiary/aromatic N) is 3. The van der Waals surface area contributed by atoms with E-state index in [9.17, 15) is 14.0 Å². The first-order valence-electron chi connectivity index (χ1n) is 8.73. The van der Waals surface area contributed by atoms with Crippen LogP contribution < -0.4 is 10.2 Å². The number of cyclic esters (lactones) is 1. The summed E-state index contributed by atoms with van der Waals surface area (Å²) < 4.78 is 19.9. The summed E-state index contributed by atoms with van der Waals surface area (Å²) >= 11 is 0. The van der Waals surface area contributed by atoms with Crippen molar-refractivity contribution in [3.05, 3.63) is 35.2 Å². The molecule has 2 heterocycles. The summed E-state index contributed by atoms with van der Waals surface area (Å²) in [5.41, 5.74) is 1.72. The molecule has 1 atom stereocenters. The van der Waals surface area contributed by atoms with E-state index < -0.39 is 18.0 Å². The molecule has 1 saturated heterocycles. The highest BCUT2D eigenvalue weighted by Crippen LogP contribution is 2.32. The van der Waals surface area contributed by atoms with Gasteiger partial charge in [0.25, 0.3) is 0 Å². The van der Waals surface area contributed by atoms with Crippen molar-refractivity contribution in [3.63, 3.8) is 0 Å². The van der Waals surface area contributed by atoms with Crippen LogP contribution in [0.4, 0.5) is 10.1 Å². The van der Waals surface area contributed by atoms with Crippen LogP contribution in [0, 0.1) is 17.1 Å². The summed E-state index contributed by atoms with van der Waals surface area (Å²) in [4.78, 5) is 27.4. The first-order chi connectivity index (χ1) is 12.9.